The van der Waals surface area contributed by atoms with Crippen molar-refractivity contribution in [2.45, 2.75) is 70.3 Å². The Kier molecular flexibility index (Phi) is 5.32. The minimum absolute atomic E-state index is 0.169. The summed E-state index contributed by atoms with van der Waals surface area (Å²) in [5.41, 5.74) is 2.43. The summed E-state index contributed by atoms with van der Waals surface area (Å²) in [7, 11) is 0. The van der Waals surface area contributed by atoms with Gasteiger partial charge in [0.05, 0.1) is 17.9 Å². The fourth-order valence-electron chi connectivity index (χ4n) is 6.93. The van der Waals surface area contributed by atoms with Gasteiger partial charge in [-0.05, 0) is 66.2 Å². The summed E-state index contributed by atoms with van der Waals surface area (Å²) in [6, 6.07) is 8.23. The number of amides is 3. The number of hydrogen-bond acceptors (Lipinski definition) is 5. The molecular formula is C31H35N5O3. The van der Waals surface area contributed by atoms with Crippen LogP contribution in [0, 0.1) is 5.41 Å². The molecule has 1 atom stereocenters. The molecule has 2 saturated heterocycles. The van der Waals surface area contributed by atoms with E-state index in [9.17, 15) is 17.1 Å². The molecule has 4 aliphatic rings. The summed E-state index contributed by atoms with van der Waals surface area (Å²) in [6.07, 6.45) is 8.05. The van der Waals surface area contributed by atoms with E-state index in [1.165, 1.54) is 30.7 Å². The first-order valence-electron chi connectivity index (χ1n) is 15.2. The first-order chi connectivity index (χ1) is 19.6. The van der Waals surface area contributed by atoms with E-state index in [1.54, 1.807) is 30.5 Å². The number of nitrogens with one attached hydrogen (secondary N) is 1. The monoisotopic (exact) mass is 527 g/mol. The van der Waals surface area contributed by atoms with E-state index >= 15 is 0 Å². The lowest BCUT2D eigenvalue weighted by atomic mass is 9.70. The van der Waals surface area contributed by atoms with Crippen LogP contribution >= 0.6 is 0 Å². The molecule has 1 unspecified atom stereocenters. The molecule has 0 bridgehead atoms. The topological polar surface area (TPSA) is 87.5 Å². The van der Waals surface area contributed by atoms with E-state index in [2.05, 4.69) is 22.2 Å². The van der Waals surface area contributed by atoms with Crippen LogP contribution in [0.1, 0.15) is 82.1 Å². The highest BCUT2D eigenvalue weighted by Crippen LogP contribution is 2.42. The number of rotatable bonds is 6. The second-order valence-corrected chi connectivity index (χ2v) is 12.0. The molecule has 7 rings (SSSR count). The highest BCUT2D eigenvalue weighted by atomic mass is 16.2. The second-order valence-electron chi connectivity index (χ2n) is 12.0. The Hall–Kier alpha value is -3.52. The molecule has 3 fully saturated rings. The van der Waals surface area contributed by atoms with E-state index in [4.69, 9.17) is 0 Å². The highest BCUT2D eigenvalue weighted by molar-refractivity contribution is 6.27. The Balaban J connectivity index is 1.15. The van der Waals surface area contributed by atoms with E-state index in [-0.39, 0.29) is 30.7 Å². The van der Waals surface area contributed by atoms with Gasteiger partial charge in [0.1, 0.15) is 6.04 Å². The first kappa shape index (κ1) is 22.3. The molecule has 1 aliphatic carbocycles. The van der Waals surface area contributed by atoms with Gasteiger partial charge in [0.15, 0.2) is 0 Å². The Bertz CT molecular complexity index is 1570. The van der Waals surface area contributed by atoms with Gasteiger partial charge >= 0.3 is 0 Å². The molecule has 0 radical (unpaired) electrons. The minimum Gasteiger partial charge on any atom is -0.303 e. The number of carbonyl (C=O) groups excluding carboxylic acids is 3. The fourth-order valence-corrected chi connectivity index (χ4v) is 6.93. The van der Waals surface area contributed by atoms with Crippen LogP contribution in [0.15, 0.2) is 42.7 Å². The average molecular weight is 528 g/mol. The molecule has 0 spiro atoms. The number of hydrogen-bond donors (Lipinski definition) is 1. The van der Waals surface area contributed by atoms with Crippen molar-refractivity contribution in [3.63, 3.8) is 0 Å². The summed E-state index contributed by atoms with van der Waals surface area (Å²) >= 11 is 0. The quantitative estimate of drug-likeness (QED) is 0.485. The van der Waals surface area contributed by atoms with Crippen molar-refractivity contribution in [1.29, 1.82) is 0 Å². The van der Waals surface area contributed by atoms with Gasteiger partial charge in [-0.25, -0.2) is 0 Å². The van der Waals surface area contributed by atoms with Crippen LogP contribution in [0.5, 0.6) is 0 Å². The molecular weight excluding hydrogens is 490 g/mol. The lowest BCUT2D eigenvalue weighted by Gasteiger charge is -2.44. The Morgan fingerprint density at radius 2 is 1.92 bits per heavy atom. The second kappa shape index (κ2) is 9.30. The predicted octanol–water partition coefficient (Wildman–Crippen LogP) is 4.22. The van der Waals surface area contributed by atoms with Gasteiger partial charge in [-0.2, -0.15) is 5.10 Å². The van der Waals surface area contributed by atoms with Crippen molar-refractivity contribution in [3.8, 4) is 0 Å². The van der Waals surface area contributed by atoms with Crippen molar-refractivity contribution < 1.29 is 17.1 Å². The molecule has 1 saturated carbocycles. The Morgan fingerprint density at radius 3 is 2.67 bits per heavy atom. The third-order valence-corrected chi connectivity index (χ3v) is 9.23. The van der Waals surface area contributed by atoms with Crippen LogP contribution in [-0.4, -0.2) is 58.1 Å². The molecule has 3 amide bonds. The van der Waals surface area contributed by atoms with Crippen molar-refractivity contribution in [3.05, 3.63) is 59.4 Å². The van der Waals surface area contributed by atoms with Gasteiger partial charge < -0.3 is 4.90 Å². The standard InChI is InChI=1S/C31H35N5O3/c1-31(12-3-13-31)19-34-14-10-22(11-15-34)35-18-20(17-32-35)16-21-6-7-25-28-23(21)4-2-5-24(28)30(39)36(25)26-8-9-27(37)33-29(26)38/h2,4-7,17-18,22,26H,3,8-16,19H2,1H3,(H,33,37,38)/i16D2. The summed E-state index contributed by atoms with van der Waals surface area (Å²) in [5.74, 6) is -1.12. The molecule has 3 aromatic rings. The molecule has 8 nitrogen and oxygen atoms in total. The maximum Gasteiger partial charge on any atom is 0.259 e. The van der Waals surface area contributed by atoms with Crippen molar-refractivity contribution in [2.24, 2.45) is 5.41 Å². The van der Waals surface area contributed by atoms with Gasteiger partial charge in [0, 0.05) is 52.3 Å². The SMILES string of the molecule is [2H]C([2H])(c1cnn(C2CCN(CC3(C)CCC3)CC2)c1)c1ccc2c3c(cccc13)C(=O)N2C1CCC(=O)NC1=O. The highest BCUT2D eigenvalue weighted by Gasteiger charge is 2.41. The number of imide groups is 1. The van der Waals surface area contributed by atoms with Crippen molar-refractivity contribution in [2.75, 3.05) is 24.5 Å². The van der Waals surface area contributed by atoms with E-state index < -0.39 is 18.3 Å². The van der Waals surface area contributed by atoms with Crippen molar-refractivity contribution >= 4 is 34.2 Å². The number of carbonyl (C=O) groups is 3. The number of anilines is 1. The zero-order valence-electron chi connectivity index (χ0n) is 24.3. The number of aromatic nitrogens is 2. The molecule has 4 heterocycles. The molecule has 39 heavy (non-hydrogen) atoms. The van der Waals surface area contributed by atoms with Gasteiger partial charge in [0.2, 0.25) is 11.8 Å². The molecule has 2 aromatic carbocycles. The first-order valence-corrected chi connectivity index (χ1v) is 14.2. The largest absolute Gasteiger partial charge is 0.303 e. The Labute approximate surface area is 231 Å². The normalized spacial score (nSPS) is 24.5. The number of benzene rings is 2. The lowest BCUT2D eigenvalue weighted by molar-refractivity contribution is -0.134. The van der Waals surface area contributed by atoms with Gasteiger partial charge in [-0.3, -0.25) is 29.3 Å². The van der Waals surface area contributed by atoms with E-state index in [1.807, 2.05) is 16.9 Å². The number of piperidine rings is 2. The zero-order chi connectivity index (χ0) is 28.5. The van der Waals surface area contributed by atoms with Crippen molar-refractivity contribution in [1.82, 2.24) is 20.0 Å². The Morgan fingerprint density at radius 1 is 1.10 bits per heavy atom. The minimum atomic E-state index is -1.85. The molecule has 1 aromatic heterocycles. The van der Waals surface area contributed by atoms with E-state index in [0.717, 1.165) is 25.9 Å². The maximum atomic E-state index is 13.5. The van der Waals surface area contributed by atoms with E-state index in [0.29, 0.717) is 38.6 Å². The fraction of sp³-hybridized carbons (Fsp3) is 0.484. The van der Waals surface area contributed by atoms with Gasteiger partial charge in [-0.1, -0.05) is 31.5 Å². The van der Waals surface area contributed by atoms with Crippen LogP contribution < -0.4 is 10.2 Å². The van der Waals surface area contributed by atoms with Crippen LogP contribution in [-0.2, 0) is 16.0 Å². The number of nitrogens with zero attached hydrogens (tertiary/aromatic N) is 4. The summed E-state index contributed by atoms with van der Waals surface area (Å²) < 4.78 is 20.3. The third-order valence-electron chi connectivity index (χ3n) is 9.23. The van der Waals surface area contributed by atoms with Gasteiger partial charge in [0.25, 0.3) is 5.91 Å². The average Bonchev–Trinajstić information content (AvgIpc) is 3.54. The summed E-state index contributed by atoms with van der Waals surface area (Å²) in [5, 5.41) is 8.24. The maximum absolute atomic E-state index is 13.5. The van der Waals surface area contributed by atoms with Crippen LogP contribution in [0.3, 0.4) is 0 Å². The lowest BCUT2D eigenvalue weighted by Crippen LogP contribution is -2.53. The third kappa shape index (κ3) is 4.25. The molecule has 202 valence electrons. The van der Waals surface area contributed by atoms with Crippen LogP contribution in [0.2, 0.25) is 0 Å². The summed E-state index contributed by atoms with van der Waals surface area (Å²) in [4.78, 5) is 41.9. The van der Waals surface area contributed by atoms with Crippen LogP contribution in [0.25, 0.3) is 10.8 Å². The molecule has 8 heteroatoms. The number of likely N-dealkylation sites (tertiary alicyclic amines) is 1. The summed E-state index contributed by atoms with van der Waals surface area (Å²) in [6.45, 7) is 5.64. The molecule has 1 N–H and O–H groups in total. The van der Waals surface area contributed by atoms with Gasteiger partial charge in [-0.15, -0.1) is 0 Å². The van der Waals surface area contributed by atoms with Crippen LogP contribution in [0.4, 0.5) is 5.69 Å². The zero-order valence-corrected chi connectivity index (χ0v) is 22.3. The predicted molar refractivity (Wildman–Crippen MR) is 149 cm³/mol. The molecule has 3 aliphatic heterocycles. The smallest absolute Gasteiger partial charge is 0.259 e.